The molecule has 1 rings (SSSR count). The smallest absolute Gasteiger partial charge is 0.243 e. The molecule has 0 saturated heterocycles. The van der Waals surface area contributed by atoms with Crippen LogP contribution in [0.15, 0.2) is 30.3 Å². The number of carbonyl (C=O) groups excluding carboxylic acids is 2. The van der Waals surface area contributed by atoms with Crippen molar-refractivity contribution in [3.05, 3.63) is 35.9 Å². The van der Waals surface area contributed by atoms with Crippen molar-refractivity contribution in [1.82, 2.24) is 20.3 Å². The summed E-state index contributed by atoms with van der Waals surface area (Å²) in [6, 6.07) is 7.31. The van der Waals surface area contributed by atoms with Crippen molar-refractivity contribution in [3.8, 4) is 0 Å². The van der Waals surface area contributed by atoms with Gasteiger partial charge in [0.2, 0.25) is 21.8 Å². The lowest BCUT2D eigenvalue weighted by molar-refractivity contribution is -0.131. The van der Waals surface area contributed by atoms with Gasteiger partial charge in [-0.05, 0) is 37.8 Å². The first kappa shape index (κ1) is 30.0. The van der Waals surface area contributed by atoms with Crippen LogP contribution in [-0.4, -0.2) is 80.3 Å². The van der Waals surface area contributed by atoms with E-state index in [1.54, 1.807) is 14.0 Å². The fraction of sp³-hybridized carbons (Fsp3) is 0.667. The van der Waals surface area contributed by atoms with E-state index in [0.717, 1.165) is 11.8 Å². The van der Waals surface area contributed by atoms with E-state index in [2.05, 4.69) is 16.0 Å². The molecule has 2 amide bonds. The molecule has 4 N–H and O–H groups in total. The minimum Gasteiger partial charge on any atom is -0.390 e. The Bertz CT molecular complexity index is 877. The van der Waals surface area contributed by atoms with Gasteiger partial charge < -0.3 is 21.1 Å². The maximum Gasteiger partial charge on any atom is 0.243 e. The Morgan fingerprint density at radius 2 is 1.56 bits per heavy atom. The summed E-state index contributed by atoms with van der Waals surface area (Å²) in [5, 5.41) is 19.6. The molecule has 0 radical (unpaired) electrons. The number of benzene rings is 1. The van der Waals surface area contributed by atoms with Gasteiger partial charge in [-0.3, -0.25) is 9.59 Å². The quantitative estimate of drug-likeness (QED) is 0.300. The van der Waals surface area contributed by atoms with Gasteiger partial charge in [0.25, 0.3) is 0 Å². The van der Waals surface area contributed by atoms with Crippen LogP contribution in [0, 0.1) is 11.8 Å². The molecule has 0 unspecified atom stereocenters. The van der Waals surface area contributed by atoms with Crippen LogP contribution in [0.1, 0.15) is 40.2 Å². The topological polar surface area (TPSA) is 128 Å². The average molecular weight is 499 g/mol. The largest absolute Gasteiger partial charge is 0.390 e. The van der Waals surface area contributed by atoms with Crippen LogP contribution < -0.4 is 16.0 Å². The Morgan fingerprint density at radius 3 is 2.03 bits per heavy atom. The molecule has 0 heterocycles. The second-order valence-electron chi connectivity index (χ2n) is 9.59. The summed E-state index contributed by atoms with van der Waals surface area (Å²) in [4.78, 5) is 25.6. The third-order valence-electron chi connectivity index (χ3n) is 5.59. The predicted octanol–water partition coefficient (Wildman–Crippen LogP) is 0.741. The second kappa shape index (κ2) is 13.8. The summed E-state index contributed by atoms with van der Waals surface area (Å²) in [5.74, 6) is -0.868. The molecule has 0 aliphatic heterocycles. The first-order chi connectivity index (χ1) is 15.8. The molecular weight excluding hydrogens is 456 g/mol. The number of aliphatic hydroxyl groups excluding tert-OH is 1. The minimum atomic E-state index is -3.55. The molecule has 194 valence electrons. The molecular formula is C24H42N4O5S. The molecule has 0 aliphatic rings. The molecule has 0 spiro atoms. The number of likely N-dealkylation sites (N-methyl/N-ethyl adjacent to an activating group) is 1. The van der Waals surface area contributed by atoms with Gasteiger partial charge in [-0.15, -0.1) is 0 Å². The Balaban J connectivity index is 3.14. The third-order valence-corrected chi connectivity index (χ3v) is 6.83. The highest BCUT2D eigenvalue weighted by atomic mass is 32.2. The van der Waals surface area contributed by atoms with Crippen molar-refractivity contribution in [2.24, 2.45) is 11.8 Å². The summed E-state index contributed by atoms with van der Waals surface area (Å²) in [5.41, 5.74) is 0.885. The molecule has 0 bridgehead atoms. The van der Waals surface area contributed by atoms with Gasteiger partial charge >= 0.3 is 0 Å². The first-order valence-electron chi connectivity index (χ1n) is 11.7. The van der Waals surface area contributed by atoms with Crippen LogP contribution in [-0.2, 0) is 26.0 Å². The van der Waals surface area contributed by atoms with E-state index in [-0.39, 0.29) is 30.8 Å². The molecule has 0 aliphatic carbocycles. The van der Waals surface area contributed by atoms with Gasteiger partial charge in [0.15, 0.2) is 0 Å². The van der Waals surface area contributed by atoms with E-state index >= 15 is 0 Å². The Kier molecular flexibility index (Phi) is 12.2. The first-order valence-corrected chi connectivity index (χ1v) is 13.6. The third kappa shape index (κ3) is 10.1. The summed E-state index contributed by atoms with van der Waals surface area (Å²) >= 11 is 0. The van der Waals surface area contributed by atoms with Crippen LogP contribution in [0.25, 0.3) is 0 Å². The normalized spacial score (nSPS) is 15.7. The van der Waals surface area contributed by atoms with E-state index in [9.17, 15) is 23.1 Å². The van der Waals surface area contributed by atoms with Crippen molar-refractivity contribution in [1.29, 1.82) is 0 Å². The number of amides is 2. The van der Waals surface area contributed by atoms with E-state index < -0.39 is 40.2 Å². The fourth-order valence-electron chi connectivity index (χ4n) is 3.46. The Hall–Kier alpha value is -2.01. The Labute approximate surface area is 204 Å². The van der Waals surface area contributed by atoms with Crippen molar-refractivity contribution < 1.29 is 23.1 Å². The lowest BCUT2D eigenvalue weighted by Crippen LogP contribution is -2.58. The van der Waals surface area contributed by atoms with Gasteiger partial charge in [0.1, 0.15) is 6.04 Å². The van der Waals surface area contributed by atoms with Crippen molar-refractivity contribution in [2.75, 3.05) is 26.4 Å². The van der Waals surface area contributed by atoms with Crippen LogP contribution in [0.5, 0.6) is 0 Å². The zero-order valence-corrected chi connectivity index (χ0v) is 22.2. The number of nitrogens with one attached hydrogen (secondary N) is 3. The van der Waals surface area contributed by atoms with Crippen LogP contribution in [0.2, 0.25) is 0 Å². The van der Waals surface area contributed by atoms with E-state index in [4.69, 9.17) is 0 Å². The standard InChI is InChI=1S/C24H42N4O5S/c1-16(2)14-28(34(7,32)33)15-21(29)20(13-19-11-9-8-10-12-19)26-24(31)22(17(3)4)27-23(30)18(5)25-6/h8-12,16-18,20-22,25,29H,13-15H2,1-7H3,(H,26,31)(H,27,30)/t18-,20+,21-,22+/m1/s1. The summed E-state index contributed by atoms with van der Waals surface area (Å²) in [6.45, 7) is 9.25. The molecule has 34 heavy (non-hydrogen) atoms. The lowest BCUT2D eigenvalue weighted by atomic mass is 9.98. The van der Waals surface area contributed by atoms with Gasteiger partial charge in [-0.1, -0.05) is 58.0 Å². The molecule has 0 aromatic heterocycles. The maximum atomic E-state index is 13.2. The second-order valence-corrected chi connectivity index (χ2v) is 11.6. The van der Waals surface area contributed by atoms with Crippen molar-refractivity contribution in [2.45, 2.75) is 65.3 Å². The summed E-state index contributed by atoms with van der Waals surface area (Å²) in [7, 11) is -1.89. The molecule has 9 nitrogen and oxygen atoms in total. The highest BCUT2D eigenvalue weighted by Gasteiger charge is 2.32. The highest BCUT2D eigenvalue weighted by Crippen LogP contribution is 2.13. The molecule has 1 aromatic carbocycles. The number of hydrogen-bond acceptors (Lipinski definition) is 6. The fourth-order valence-corrected chi connectivity index (χ4v) is 4.45. The predicted molar refractivity (Wildman–Crippen MR) is 135 cm³/mol. The Morgan fingerprint density at radius 1 is 0.971 bits per heavy atom. The number of rotatable bonds is 14. The van der Waals surface area contributed by atoms with Crippen molar-refractivity contribution in [3.63, 3.8) is 0 Å². The van der Waals surface area contributed by atoms with Crippen LogP contribution in [0.4, 0.5) is 0 Å². The van der Waals surface area contributed by atoms with Crippen molar-refractivity contribution >= 4 is 21.8 Å². The molecule has 4 atom stereocenters. The summed E-state index contributed by atoms with van der Waals surface area (Å²) < 4.78 is 25.8. The average Bonchev–Trinajstić information content (AvgIpc) is 2.75. The van der Waals surface area contributed by atoms with E-state index in [1.165, 1.54) is 4.31 Å². The molecule has 1 aromatic rings. The molecule has 10 heteroatoms. The van der Waals surface area contributed by atoms with Gasteiger partial charge in [0.05, 0.1) is 24.4 Å². The zero-order valence-electron chi connectivity index (χ0n) is 21.4. The van der Waals surface area contributed by atoms with Crippen LogP contribution in [0.3, 0.4) is 0 Å². The summed E-state index contributed by atoms with van der Waals surface area (Å²) in [6.07, 6.45) is 0.260. The SMILES string of the molecule is CN[C@H](C)C(=O)N[C@H](C(=O)N[C@@H](Cc1ccccc1)[C@H](O)CN(CC(C)C)S(C)(=O)=O)C(C)C. The molecule has 0 saturated carbocycles. The van der Waals surface area contributed by atoms with Gasteiger partial charge in [-0.25, -0.2) is 8.42 Å². The van der Waals surface area contributed by atoms with Gasteiger partial charge in [-0.2, -0.15) is 4.31 Å². The maximum absolute atomic E-state index is 13.2. The molecule has 0 fully saturated rings. The van der Waals surface area contributed by atoms with Crippen LogP contribution >= 0.6 is 0 Å². The monoisotopic (exact) mass is 498 g/mol. The van der Waals surface area contributed by atoms with Gasteiger partial charge in [0, 0.05) is 13.1 Å². The number of aliphatic hydroxyl groups is 1. The highest BCUT2D eigenvalue weighted by molar-refractivity contribution is 7.88. The zero-order chi connectivity index (χ0) is 26.1. The number of hydrogen-bond donors (Lipinski definition) is 4. The number of nitrogens with zero attached hydrogens (tertiary/aromatic N) is 1. The minimum absolute atomic E-state index is 0.0683. The number of sulfonamides is 1. The van der Waals surface area contributed by atoms with E-state index in [1.807, 2.05) is 58.0 Å². The lowest BCUT2D eigenvalue weighted by Gasteiger charge is -2.32. The number of carbonyl (C=O) groups is 2. The van der Waals surface area contributed by atoms with E-state index in [0.29, 0.717) is 6.42 Å².